The van der Waals surface area contributed by atoms with Crippen molar-refractivity contribution >= 4 is 11.6 Å². The van der Waals surface area contributed by atoms with E-state index < -0.39 is 6.10 Å². The molecule has 1 N–H and O–H groups in total. The lowest BCUT2D eigenvalue weighted by Gasteiger charge is -2.40. The zero-order valence-corrected chi connectivity index (χ0v) is 11.8. The van der Waals surface area contributed by atoms with Crippen molar-refractivity contribution in [2.45, 2.75) is 50.2 Å². The highest BCUT2D eigenvalue weighted by Crippen LogP contribution is 2.45. The molecule has 1 spiro atoms. The first-order valence-corrected chi connectivity index (χ1v) is 7.50. The molecule has 0 bridgehead atoms. The highest BCUT2D eigenvalue weighted by molar-refractivity contribution is 6.29. The normalized spacial score (nSPS) is 27.6. The molecule has 0 radical (unpaired) electrons. The molecule has 1 saturated carbocycles. The van der Waals surface area contributed by atoms with Gasteiger partial charge in [0.1, 0.15) is 5.15 Å². The summed E-state index contributed by atoms with van der Waals surface area (Å²) < 4.78 is 6.02. The average Bonchev–Trinajstić information content (AvgIpc) is 2.86. The maximum Gasteiger partial charge on any atom is 0.129 e. The van der Waals surface area contributed by atoms with Crippen LogP contribution in [0.15, 0.2) is 18.3 Å². The number of nitrogens with zero attached hydrogens (tertiary/aromatic N) is 1. The first-order chi connectivity index (χ1) is 9.19. The fourth-order valence-corrected chi connectivity index (χ4v) is 3.76. The van der Waals surface area contributed by atoms with Gasteiger partial charge in [-0.1, -0.05) is 24.4 Å². The third-order valence-corrected chi connectivity index (χ3v) is 4.79. The maximum atomic E-state index is 10.6. The molecule has 2 fully saturated rings. The summed E-state index contributed by atoms with van der Waals surface area (Å²) in [5, 5.41) is 11.0. The Hall–Kier alpha value is -0.640. The second-order valence-electron chi connectivity index (χ2n) is 5.85. The minimum atomic E-state index is -0.457. The predicted molar refractivity (Wildman–Crippen MR) is 74.1 cm³/mol. The predicted octanol–water partition coefficient (Wildman–Crippen LogP) is 3.51. The molecule has 1 aliphatic carbocycles. The summed E-state index contributed by atoms with van der Waals surface area (Å²) in [7, 11) is 0. The van der Waals surface area contributed by atoms with E-state index in [4.69, 9.17) is 16.3 Å². The molecule has 0 amide bonds. The van der Waals surface area contributed by atoms with Gasteiger partial charge in [-0.3, -0.25) is 0 Å². The van der Waals surface area contributed by atoms with E-state index in [-0.39, 0.29) is 11.5 Å². The summed E-state index contributed by atoms with van der Waals surface area (Å²) in [6.07, 6.45) is 7.89. The minimum Gasteiger partial charge on any atom is -0.388 e. The van der Waals surface area contributed by atoms with Crippen molar-refractivity contribution in [3.63, 3.8) is 0 Å². The van der Waals surface area contributed by atoms with Gasteiger partial charge >= 0.3 is 0 Å². The Balaban J connectivity index is 1.74. The van der Waals surface area contributed by atoms with Crippen LogP contribution in [0.4, 0.5) is 0 Å². The molecule has 1 aromatic heterocycles. The number of halogens is 1. The van der Waals surface area contributed by atoms with Gasteiger partial charge in [0.2, 0.25) is 0 Å². The van der Waals surface area contributed by atoms with Crippen LogP contribution in [0.5, 0.6) is 0 Å². The van der Waals surface area contributed by atoms with E-state index in [0.717, 1.165) is 37.9 Å². The molecule has 1 aliphatic heterocycles. The summed E-state index contributed by atoms with van der Waals surface area (Å²) in [4.78, 5) is 3.97. The van der Waals surface area contributed by atoms with Crippen molar-refractivity contribution in [2.24, 2.45) is 5.92 Å². The first kappa shape index (κ1) is 13.3. The Morgan fingerprint density at radius 1 is 1.42 bits per heavy atom. The second-order valence-corrected chi connectivity index (χ2v) is 6.24. The molecule has 2 atom stereocenters. The third-order valence-electron chi connectivity index (χ3n) is 4.58. The van der Waals surface area contributed by atoms with E-state index in [2.05, 4.69) is 4.98 Å². The van der Waals surface area contributed by atoms with Crippen LogP contribution in [0, 0.1) is 5.92 Å². The SMILES string of the molecule is OC(c1ccnc(Cl)c1)C1CCOC2(CCCC2)C1. The number of hydrogen-bond donors (Lipinski definition) is 1. The quantitative estimate of drug-likeness (QED) is 0.844. The van der Waals surface area contributed by atoms with Crippen LogP contribution in [0.2, 0.25) is 5.15 Å². The van der Waals surface area contributed by atoms with Crippen LogP contribution in [0.3, 0.4) is 0 Å². The standard InChI is InChI=1S/C15H20ClNO2/c16-13-9-11(3-7-17-13)14(18)12-4-8-19-15(10-12)5-1-2-6-15/h3,7,9,12,14,18H,1-2,4-6,8,10H2. The zero-order chi connectivity index (χ0) is 13.3. The van der Waals surface area contributed by atoms with Gasteiger partial charge in [0.05, 0.1) is 11.7 Å². The van der Waals surface area contributed by atoms with Gasteiger partial charge in [0, 0.05) is 12.8 Å². The average molecular weight is 282 g/mol. The smallest absolute Gasteiger partial charge is 0.129 e. The lowest BCUT2D eigenvalue weighted by Crippen LogP contribution is -2.39. The molecule has 2 aliphatic rings. The fraction of sp³-hybridized carbons (Fsp3) is 0.667. The largest absolute Gasteiger partial charge is 0.388 e. The van der Waals surface area contributed by atoms with Gasteiger partial charge in [-0.25, -0.2) is 4.98 Å². The van der Waals surface area contributed by atoms with Crippen molar-refractivity contribution in [1.82, 2.24) is 4.98 Å². The summed E-state index contributed by atoms with van der Waals surface area (Å²) in [6, 6.07) is 3.62. The number of hydrogen-bond acceptors (Lipinski definition) is 3. The topological polar surface area (TPSA) is 42.4 Å². The van der Waals surface area contributed by atoms with E-state index in [1.807, 2.05) is 6.07 Å². The Labute approximate surface area is 118 Å². The van der Waals surface area contributed by atoms with Crippen LogP contribution in [0.25, 0.3) is 0 Å². The molecule has 104 valence electrons. The number of aliphatic hydroxyl groups is 1. The highest BCUT2D eigenvalue weighted by Gasteiger charge is 2.41. The van der Waals surface area contributed by atoms with Gasteiger partial charge in [-0.15, -0.1) is 0 Å². The van der Waals surface area contributed by atoms with Gasteiger partial charge in [0.25, 0.3) is 0 Å². The summed E-state index contributed by atoms with van der Waals surface area (Å²) in [5.41, 5.74) is 0.917. The molecule has 1 aromatic rings. The first-order valence-electron chi connectivity index (χ1n) is 7.12. The Bertz CT molecular complexity index is 446. The van der Waals surface area contributed by atoms with Crippen LogP contribution in [-0.4, -0.2) is 22.3 Å². The molecule has 3 nitrogen and oxygen atoms in total. The molecule has 2 heterocycles. The van der Waals surface area contributed by atoms with Crippen LogP contribution in [-0.2, 0) is 4.74 Å². The second kappa shape index (κ2) is 5.39. The number of pyridine rings is 1. The lowest BCUT2D eigenvalue weighted by atomic mass is 9.80. The van der Waals surface area contributed by atoms with Gasteiger partial charge in [-0.2, -0.15) is 0 Å². The van der Waals surface area contributed by atoms with E-state index in [1.165, 1.54) is 12.8 Å². The molecule has 2 unspecified atom stereocenters. The van der Waals surface area contributed by atoms with Crippen molar-refractivity contribution in [3.8, 4) is 0 Å². The van der Waals surface area contributed by atoms with E-state index in [1.54, 1.807) is 12.3 Å². The van der Waals surface area contributed by atoms with E-state index >= 15 is 0 Å². The van der Waals surface area contributed by atoms with Gasteiger partial charge < -0.3 is 9.84 Å². The molecule has 3 rings (SSSR count). The minimum absolute atomic E-state index is 0.0424. The van der Waals surface area contributed by atoms with E-state index in [9.17, 15) is 5.11 Å². The Morgan fingerprint density at radius 2 is 2.21 bits per heavy atom. The molecule has 19 heavy (non-hydrogen) atoms. The molecule has 0 aromatic carbocycles. The highest BCUT2D eigenvalue weighted by atomic mass is 35.5. The zero-order valence-electron chi connectivity index (χ0n) is 11.0. The molecular weight excluding hydrogens is 262 g/mol. The number of aliphatic hydroxyl groups excluding tert-OH is 1. The number of ether oxygens (including phenoxy) is 1. The van der Waals surface area contributed by atoms with Crippen LogP contribution < -0.4 is 0 Å². The lowest BCUT2D eigenvalue weighted by molar-refractivity contribution is -0.113. The maximum absolute atomic E-state index is 10.6. The van der Waals surface area contributed by atoms with Crippen molar-refractivity contribution < 1.29 is 9.84 Å². The number of aromatic nitrogens is 1. The fourth-order valence-electron chi connectivity index (χ4n) is 3.58. The Kier molecular flexibility index (Phi) is 3.79. The van der Waals surface area contributed by atoms with Crippen molar-refractivity contribution in [2.75, 3.05) is 6.61 Å². The summed E-state index contributed by atoms with van der Waals surface area (Å²) >= 11 is 5.90. The Morgan fingerprint density at radius 3 is 2.95 bits per heavy atom. The summed E-state index contributed by atoms with van der Waals surface area (Å²) in [6.45, 7) is 0.764. The van der Waals surface area contributed by atoms with Gasteiger partial charge in [-0.05, 0) is 49.3 Å². The summed E-state index contributed by atoms with van der Waals surface area (Å²) in [5.74, 6) is 0.269. The number of rotatable bonds is 2. The van der Waals surface area contributed by atoms with Crippen LogP contribution >= 0.6 is 11.6 Å². The van der Waals surface area contributed by atoms with Crippen molar-refractivity contribution in [1.29, 1.82) is 0 Å². The van der Waals surface area contributed by atoms with Gasteiger partial charge in [0.15, 0.2) is 0 Å². The molecular formula is C15H20ClNO2. The van der Waals surface area contributed by atoms with Crippen LogP contribution in [0.1, 0.15) is 50.2 Å². The van der Waals surface area contributed by atoms with Crippen molar-refractivity contribution in [3.05, 3.63) is 29.0 Å². The van der Waals surface area contributed by atoms with E-state index in [0.29, 0.717) is 5.15 Å². The monoisotopic (exact) mass is 281 g/mol. The molecule has 4 heteroatoms. The third kappa shape index (κ3) is 2.78. The molecule has 1 saturated heterocycles.